The van der Waals surface area contributed by atoms with E-state index < -0.39 is 0 Å². The minimum absolute atomic E-state index is 0. The monoisotopic (exact) mass is 427 g/mol. The first-order chi connectivity index (χ1) is 10.2. The maximum Gasteiger partial charge on any atom is 0.102 e. The first-order valence-electron chi connectivity index (χ1n) is 9.70. The Morgan fingerprint density at radius 2 is 0.909 bits per heavy atom. The highest BCUT2D eigenvalue weighted by Crippen LogP contribution is 2.16. The summed E-state index contributed by atoms with van der Waals surface area (Å²) in [5.74, 6) is 0. The molecule has 0 aromatic carbocycles. The average Bonchev–Trinajstić information content (AvgIpc) is 2.49. The Hall–Kier alpha value is 0.650. The average molecular weight is 427 g/mol. The Labute approximate surface area is 157 Å². The lowest BCUT2D eigenvalue weighted by atomic mass is 10.1. The Morgan fingerprint density at radius 1 is 0.545 bits per heavy atom. The molecule has 0 fully saturated rings. The van der Waals surface area contributed by atoms with Crippen LogP contribution in [-0.4, -0.2) is 42.4 Å². The van der Waals surface area contributed by atoms with Gasteiger partial charge in [0.15, 0.2) is 0 Å². The van der Waals surface area contributed by atoms with Crippen LogP contribution in [0.15, 0.2) is 0 Å². The SMILES string of the molecule is CCCCCC[N+](CCO)(CCCCC)CCCCCC.[I-]. The van der Waals surface area contributed by atoms with Crippen LogP contribution in [0.25, 0.3) is 0 Å². The maximum absolute atomic E-state index is 9.55. The van der Waals surface area contributed by atoms with Crippen molar-refractivity contribution >= 4 is 0 Å². The normalized spacial score (nSPS) is 11.5. The zero-order valence-electron chi connectivity index (χ0n) is 15.6. The van der Waals surface area contributed by atoms with E-state index in [0.29, 0.717) is 6.61 Å². The van der Waals surface area contributed by atoms with E-state index in [1.165, 1.54) is 94.7 Å². The molecule has 0 saturated carbocycles. The zero-order valence-corrected chi connectivity index (χ0v) is 17.7. The third kappa shape index (κ3) is 13.1. The minimum Gasteiger partial charge on any atom is -1.00 e. The van der Waals surface area contributed by atoms with Gasteiger partial charge < -0.3 is 33.6 Å². The van der Waals surface area contributed by atoms with Gasteiger partial charge in [0.2, 0.25) is 0 Å². The Bertz CT molecular complexity index is 200. The molecule has 0 aromatic rings. The molecule has 3 heteroatoms. The predicted octanol–water partition coefficient (Wildman–Crippen LogP) is 2.15. The van der Waals surface area contributed by atoms with Crippen molar-refractivity contribution in [2.75, 3.05) is 32.8 Å². The van der Waals surface area contributed by atoms with E-state index in [4.69, 9.17) is 0 Å². The summed E-state index contributed by atoms with van der Waals surface area (Å²) < 4.78 is 1.18. The molecule has 136 valence electrons. The van der Waals surface area contributed by atoms with Crippen LogP contribution >= 0.6 is 0 Å². The highest BCUT2D eigenvalue weighted by Gasteiger charge is 2.25. The number of aliphatic hydroxyl groups is 1. The van der Waals surface area contributed by atoms with Gasteiger partial charge in [-0.25, -0.2) is 0 Å². The summed E-state index contributed by atoms with van der Waals surface area (Å²) in [5.41, 5.74) is 0. The summed E-state index contributed by atoms with van der Waals surface area (Å²) in [6.45, 7) is 12.0. The predicted molar refractivity (Wildman–Crippen MR) is 94.6 cm³/mol. The molecule has 0 aliphatic rings. The number of nitrogens with zero attached hydrogens (tertiary/aromatic N) is 1. The standard InChI is InChI=1S/C19H42NO.HI/c1-4-7-10-13-16-20(18-19-21,15-12-9-6-3)17-14-11-8-5-2;/h21H,4-19H2,1-3H3;1H/q+1;/p-1. The molecule has 0 rings (SSSR count). The van der Waals surface area contributed by atoms with E-state index in [0.717, 1.165) is 6.54 Å². The summed E-state index contributed by atoms with van der Waals surface area (Å²) in [6, 6.07) is 0. The van der Waals surface area contributed by atoms with Crippen molar-refractivity contribution < 1.29 is 33.6 Å². The molecule has 0 heterocycles. The van der Waals surface area contributed by atoms with E-state index in [1.54, 1.807) is 0 Å². The van der Waals surface area contributed by atoms with Gasteiger partial charge in [-0.2, -0.15) is 0 Å². The topological polar surface area (TPSA) is 20.2 Å². The fourth-order valence-corrected chi connectivity index (χ4v) is 3.33. The maximum atomic E-state index is 9.55. The molecule has 0 amide bonds. The van der Waals surface area contributed by atoms with E-state index in [2.05, 4.69) is 20.8 Å². The van der Waals surface area contributed by atoms with Crippen molar-refractivity contribution in [3.05, 3.63) is 0 Å². The number of halogens is 1. The van der Waals surface area contributed by atoms with Crippen LogP contribution in [-0.2, 0) is 0 Å². The number of rotatable bonds is 16. The second kappa shape index (κ2) is 18.0. The third-order valence-electron chi connectivity index (χ3n) is 4.78. The molecule has 0 saturated heterocycles. The van der Waals surface area contributed by atoms with Gasteiger partial charge in [-0.15, -0.1) is 0 Å². The summed E-state index contributed by atoms with van der Waals surface area (Å²) in [5, 5.41) is 9.55. The number of aliphatic hydroxyl groups excluding tert-OH is 1. The first-order valence-corrected chi connectivity index (χ1v) is 9.70. The summed E-state index contributed by atoms with van der Waals surface area (Å²) in [7, 11) is 0. The molecule has 0 bridgehead atoms. The highest BCUT2D eigenvalue weighted by molar-refractivity contribution is 4.51. The lowest BCUT2D eigenvalue weighted by Crippen LogP contribution is -3.00. The van der Waals surface area contributed by atoms with E-state index >= 15 is 0 Å². The molecule has 1 N–H and O–H groups in total. The van der Waals surface area contributed by atoms with Crippen LogP contribution in [0.5, 0.6) is 0 Å². The number of quaternary nitrogens is 1. The lowest BCUT2D eigenvalue weighted by Gasteiger charge is -2.39. The van der Waals surface area contributed by atoms with Gasteiger partial charge >= 0.3 is 0 Å². The van der Waals surface area contributed by atoms with Crippen LogP contribution in [0.3, 0.4) is 0 Å². The number of hydrogen-bond acceptors (Lipinski definition) is 1. The van der Waals surface area contributed by atoms with Crippen molar-refractivity contribution in [1.82, 2.24) is 0 Å². The Morgan fingerprint density at radius 3 is 1.27 bits per heavy atom. The molecule has 0 aromatic heterocycles. The molecule has 0 aliphatic carbocycles. The molecular weight excluding hydrogens is 385 g/mol. The molecule has 0 unspecified atom stereocenters. The van der Waals surface area contributed by atoms with Crippen molar-refractivity contribution in [1.29, 1.82) is 0 Å². The third-order valence-corrected chi connectivity index (χ3v) is 4.78. The molecule has 2 nitrogen and oxygen atoms in total. The van der Waals surface area contributed by atoms with E-state index in [1.807, 2.05) is 0 Å². The molecule has 0 aliphatic heterocycles. The second-order valence-corrected chi connectivity index (χ2v) is 6.79. The first kappa shape index (κ1) is 24.9. The van der Waals surface area contributed by atoms with E-state index in [-0.39, 0.29) is 24.0 Å². The van der Waals surface area contributed by atoms with Gasteiger partial charge in [-0.1, -0.05) is 52.9 Å². The fraction of sp³-hybridized carbons (Fsp3) is 1.00. The minimum atomic E-state index is 0. The Balaban J connectivity index is 0. The van der Waals surface area contributed by atoms with Crippen LogP contribution in [0.1, 0.15) is 91.4 Å². The van der Waals surface area contributed by atoms with Gasteiger partial charge in [0.05, 0.1) is 26.2 Å². The molecule has 0 atom stereocenters. The summed E-state index contributed by atoms with van der Waals surface area (Å²) in [6.07, 6.45) is 14.7. The Kier molecular flexibility index (Phi) is 20.4. The number of unbranched alkanes of at least 4 members (excludes halogenated alkanes) is 8. The van der Waals surface area contributed by atoms with Crippen molar-refractivity contribution in [2.45, 2.75) is 91.4 Å². The lowest BCUT2D eigenvalue weighted by molar-refractivity contribution is -0.929. The smallest absolute Gasteiger partial charge is 0.102 e. The summed E-state index contributed by atoms with van der Waals surface area (Å²) in [4.78, 5) is 0. The van der Waals surface area contributed by atoms with Gasteiger partial charge in [-0.3, -0.25) is 0 Å². The summed E-state index contributed by atoms with van der Waals surface area (Å²) >= 11 is 0. The van der Waals surface area contributed by atoms with Crippen molar-refractivity contribution in [3.8, 4) is 0 Å². The quantitative estimate of drug-likeness (QED) is 0.227. The van der Waals surface area contributed by atoms with E-state index in [9.17, 15) is 5.11 Å². The van der Waals surface area contributed by atoms with Gasteiger partial charge in [-0.05, 0) is 38.5 Å². The molecule has 0 spiro atoms. The van der Waals surface area contributed by atoms with Crippen LogP contribution in [0, 0.1) is 0 Å². The second-order valence-electron chi connectivity index (χ2n) is 6.79. The molecule has 22 heavy (non-hydrogen) atoms. The van der Waals surface area contributed by atoms with Crippen LogP contribution < -0.4 is 24.0 Å². The van der Waals surface area contributed by atoms with Gasteiger partial charge in [0.25, 0.3) is 0 Å². The van der Waals surface area contributed by atoms with Crippen LogP contribution in [0.4, 0.5) is 0 Å². The van der Waals surface area contributed by atoms with Gasteiger partial charge in [0, 0.05) is 0 Å². The van der Waals surface area contributed by atoms with Crippen molar-refractivity contribution in [2.24, 2.45) is 0 Å². The largest absolute Gasteiger partial charge is 1.00 e. The highest BCUT2D eigenvalue weighted by atomic mass is 127. The number of hydrogen-bond donors (Lipinski definition) is 1. The molecule has 0 radical (unpaired) electrons. The zero-order chi connectivity index (χ0) is 15.8. The molecular formula is C19H42INO. The fourth-order valence-electron chi connectivity index (χ4n) is 3.33. The van der Waals surface area contributed by atoms with Crippen LogP contribution in [0.2, 0.25) is 0 Å². The van der Waals surface area contributed by atoms with Crippen molar-refractivity contribution in [3.63, 3.8) is 0 Å². The van der Waals surface area contributed by atoms with Gasteiger partial charge in [0.1, 0.15) is 6.54 Å².